The number of ether oxygens (including phenoxy) is 1. The smallest absolute Gasteiger partial charge is 0.227 e. The summed E-state index contributed by atoms with van der Waals surface area (Å²) in [5.41, 5.74) is 3.00. The van der Waals surface area contributed by atoms with Crippen molar-refractivity contribution < 1.29 is 9.53 Å². The number of hydrogen-bond acceptors (Lipinski definition) is 4. The number of pyridine rings is 1. The van der Waals surface area contributed by atoms with Crippen LogP contribution in [0.3, 0.4) is 0 Å². The van der Waals surface area contributed by atoms with E-state index in [0.29, 0.717) is 18.7 Å². The molecule has 2 rings (SSSR count). The van der Waals surface area contributed by atoms with Gasteiger partial charge in [-0.3, -0.25) is 4.79 Å². The van der Waals surface area contributed by atoms with Crippen LogP contribution >= 0.6 is 11.8 Å². The molecule has 1 heterocycles. The Morgan fingerprint density at radius 2 is 2.09 bits per heavy atom. The van der Waals surface area contributed by atoms with Crippen molar-refractivity contribution in [1.29, 1.82) is 0 Å². The van der Waals surface area contributed by atoms with E-state index in [1.54, 1.807) is 18.0 Å². The van der Waals surface area contributed by atoms with Crippen molar-refractivity contribution in [3.8, 4) is 5.75 Å². The largest absolute Gasteiger partial charge is 0.493 e. The van der Waals surface area contributed by atoms with Crippen LogP contribution in [0.5, 0.6) is 5.75 Å². The lowest BCUT2D eigenvalue weighted by molar-refractivity contribution is -0.116. The first-order valence-corrected chi connectivity index (χ1v) is 8.31. The summed E-state index contributed by atoms with van der Waals surface area (Å²) in [7, 11) is 0. The van der Waals surface area contributed by atoms with Crippen molar-refractivity contribution in [2.45, 2.75) is 25.3 Å². The Balaban J connectivity index is 1.81. The number of nitrogens with one attached hydrogen (secondary N) is 1. The molecular formula is C17H20N2O2S. The Morgan fingerprint density at radius 3 is 2.77 bits per heavy atom. The summed E-state index contributed by atoms with van der Waals surface area (Å²) >= 11 is 1.57. The summed E-state index contributed by atoms with van der Waals surface area (Å²) in [6.45, 7) is 4.41. The first-order valence-electron chi connectivity index (χ1n) is 7.09. The highest BCUT2D eigenvalue weighted by molar-refractivity contribution is 7.98. The van der Waals surface area contributed by atoms with Gasteiger partial charge in [0.25, 0.3) is 0 Å². The minimum atomic E-state index is -0.0796. The van der Waals surface area contributed by atoms with Crippen molar-refractivity contribution in [2.24, 2.45) is 0 Å². The summed E-state index contributed by atoms with van der Waals surface area (Å²) in [6.07, 6.45) is 3.93. The van der Waals surface area contributed by atoms with Gasteiger partial charge in [-0.25, -0.2) is 4.98 Å². The number of aryl methyl sites for hydroxylation is 1. The number of carbonyl (C=O) groups excluding carboxylic acids is 1. The van der Waals surface area contributed by atoms with E-state index in [9.17, 15) is 4.79 Å². The third-order valence-electron chi connectivity index (χ3n) is 3.37. The Morgan fingerprint density at radius 1 is 1.27 bits per heavy atom. The zero-order valence-electron chi connectivity index (χ0n) is 13.1. The van der Waals surface area contributed by atoms with Crippen molar-refractivity contribution in [3.05, 3.63) is 47.7 Å². The molecule has 5 heteroatoms. The zero-order chi connectivity index (χ0) is 15.9. The highest BCUT2D eigenvalue weighted by atomic mass is 32.2. The number of carbonyl (C=O) groups is 1. The Kier molecular flexibility index (Phi) is 5.83. The van der Waals surface area contributed by atoms with E-state index in [1.165, 1.54) is 5.56 Å². The average molecular weight is 316 g/mol. The van der Waals surface area contributed by atoms with E-state index in [2.05, 4.69) is 10.3 Å². The number of nitrogens with zero attached hydrogens (tertiary/aromatic N) is 1. The second kappa shape index (κ2) is 7.84. The molecule has 4 nitrogen and oxygen atoms in total. The van der Waals surface area contributed by atoms with E-state index in [1.807, 2.05) is 50.4 Å². The maximum absolute atomic E-state index is 11.9. The van der Waals surface area contributed by atoms with Gasteiger partial charge in [0.15, 0.2) is 0 Å². The van der Waals surface area contributed by atoms with Gasteiger partial charge < -0.3 is 10.1 Å². The number of thioether (sulfide) groups is 1. The van der Waals surface area contributed by atoms with Gasteiger partial charge in [0.05, 0.1) is 29.9 Å². The first kappa shape index (κ1) is 16.4. The summed E-state index contributed by atoms with van der Waals surface area (Å²) in [5, 5.41) is 3.74. The Bertz CT molecular complexity index is 642. The minimum Gasteiger partial charge on any atom is -0.493 e. The zero-order valence-corrected chi connectivity index (χ0v) is 13.9. The predicted molar refractivity (Wildman–Crippen MR) is 90.7 cm³/mol. The SMILES string of the molecule is CSc1ccc(NC(=O)CCOc2cccc(C)c2C)cn1. The maximum atomic E-state index is 11.9. The topological polar surface area (TPSA) is 51.2 Å². The molecule has 1 aromatic carbocycles. The quantitative estimate of drug-likeness (QED) is 0.823. The number of benzene rings is 1. The second-order valence-corrected chi connectivity index (χ2v) is 5.76. The molecule has 0 fully saturated rings. The van der Waals surface area contributed by atoms with Gasteiger partial charge in [0, 0.05) is 0 Å². The molecule has 0 unspecified atom stereocenters. The normalized spacial score (nSPS) is 10.3. The molecule has 0 aliphatic rings. The molecule has 1 aromatic heterocycles. The molecule has 116 valence electrons. The second-order valence-electron chi connectivity index (χ2n) is 4.93. The van der Waals surface area contributed by atoms with Crippen LogP contribution in [0.1, 0.15) is 17.5 Å². The van der Waals surface area contributed by atoms with Gasteiger partial charge in [-0.15, -0.1) is 11.8 Å². The highest BCUT2D eigenvalue weighted by Crippen LogP contribution is 2.20. The van der Waals surface area contributed by atoms with Crippen molar-refractivity contribution >= 4 is 23.4 Å². The standard InChI is InChI=1S/C17H20N2O2S/c1-12-5-4-6-15(13(12)2)21-10-9-16(20)19-14-7-8-17(22-3)18-11-14/h4-8,11H,9-10H2,1-3H3,(H,19,20). The Hall–Kier alpha value is -2.01. The van der Waals surface area contributed by atoms with Crippen LogP contribution in [-0.4, -0.2) is 23.8 Å². The first-order chi connectivity index (χ1) is 10.6. The van der Waals surface area contributed by atoms with E-state index >= 15 is 0 Å². The molecule has 0 spiro atoms. The van der Waals surface area contributed by atoms with Crippen molar-refractivity contribution in [1.82, 2.24) is 4.98 Å². The molecule has 0 aliphatic heterocycles. The number of aromatic nitrogens is 1. The van der Waals surface area contributed by atoms with Gasteiger partial charge >= 0.3 is 0 Å². The van der Waals surface area contributed by atoms with Crippen LogP contribution in [0.4, 0.5) is 5.69 Å². The maximum Gasteiger partial charge on any atom is 0.227 e. The van der Waals surface area contributed by atoms with E-state index in [-0.39, 0.29) is 5.91 Å². The van der Waals surface area contributed by atoms with Crippen LogP contribution in [0.2, 0.25) is 0 Å². The fourth-order valence-corrected chi connectivity index (χ4v) is 2.29. The molecular weight excluding hydrogens is 296 g/mol. The predicted octanol–water partition coefficient (Wildman–Crippen LogP) is 3.83. The summed E-state index contributed by atoms with van der Waals surface area (Å²) in [5.74, 6) is 0.753. The summed E-state index contributed by atoms with van der Waals surface area (Å²) in [4.78, 5) is 16.1. The van der Waals surface area contributed by atoms with E-state index in [4.69, 9.17) is 4.74 Å². The molecule has 1 N–H and O–H groups in total. The molecule has 1 amide bonds. The van der Waals surface area contributed by atoms with E-state index in [0.717, 1.165) is 16.3 Å². The van der Waals surface area contributed by atoms with Gasteiger partial charge in [-0.05, 0) is 49.4 Å². The number of hydrogen-bond donors (Lipinski definition) is 1. The van der Waals surface area contributed by atoms with Crippen LogP contribution in [0.15, 0.2) is 41.6 Å². The third-order valence-corrected chi connectivity index (χ3v) is 4.03. The van der Waals surface area contributed by atoms with Crippen LogP contribution < -0.4 is 10.1 Å². The lowest BCUT2D eigenvalue weighted by atomic mass is 10.1. The molecule has 0 aliphatic carbocycles. The molecule has 22 heavy (non-hydrogen) atoms. The number of anilines is 1. The fourth-order valence-electron chi connectivity index (χ4n) is 1.93. The summed E-state index contributed by atoms with van der Waals surface area (Å²) in [6, 6.07) is 9.65. The number of rotatable bonds is 6. The van der Waals surface area contributed by atoms with Crippen molar-refractivity contribution in [3.63, 3.8) is 0 Å². The average Bonchev–Trinajstić information content (AvgIpc) is 2.52. The molecule has 0 saturated carbocycles. The monoisotopic (exact) mass is 316 g/mol. The van der Waals surface area contributed by atoms with Gasteiger partial charge in [0.2, 0.25) is 5.91 Å². The molecule has 0 atom stereocenters. The van der Waals surface area contributed by atoms with Gasteiger partial charge in [-0.2, -0.15) is 0 Å². The lowest BCUT2D eigenvalue weighted by Gasteiger charge is -2.11. The van der Waals surface area contributed by atoms with Crippen LogP contribution in [0.25, 0.3) is 0 Å². The third kappa shape index (κ3) is 4.49. The molecule has 2 aromatic rings. The van der Waals surface area contributed by atoms with Crippen molar-refractivity contribution in [2.75, 3.05) is 18.2 Å². The van der Waals surface area contributed by atoms with Crippen LogP contribution in [0, 0.1) is 13.8 Å². The Labute approximate surface area is 135 Å². The lowest BCUT2D eigenvalue weighted by Crippen LogP contribution is -2.15. The van der Waals surface area contributed by atoms with E-state index < -0.39 is 0 Å². The summed E-state index contributed by atoms with van der Waals surface area (Å²) < 4.78 is 5.68. The molecule has 0 radical (unpaired) electrons. The van der Waals surface area contributed by atoms with Crippen LogP contribution in [-0.2, 0) is 4.79 Å². The molecule has 0 bridgehead atoms. The molecule has 0 saturated heterocycles. The highest BCUT2D eigenvalue weighted by Gasteiger charge is 2.05. The minimum absolute atomic E-state index is 0.0796. The number of amides is 1. The fraction of sp³-hybridized carbons (Fsp3) is 0.294. The van der Waals surface area contributed by atoms with Gasteiger partial charge in [0.1, 0.15) is 5.75 Å². The van der Waals surface area contributed by atoms with Gasteiger partial charge in [-0.1, -0.05) is 12.1 Å².